The lowest BCUT2D eigenvalue weighted by Gasteiger charge is -2.08. The maximum absolute atomic E-state index is 12.2. The Morgan fingerprint density at radius 1 is 1.16 bits per heavy atom. The molecule has 0 saturated carbocycles. The van der Waals surface area contributed by atoms with Crippen LogP contribution in [0, 0.1) is 3.57 Å². The summed E-state index contributed by atoms with van der Waals surface area (Å²) in [5.74, 6) is -0.491. The van der Waals surface area contributed by atoms with Crippen LogP contribution in [0.15, 0.2) is 48.5 Å². The van der Waals surface area contributed by atoms with E-state index >= 15 is 0 Å². The maximum atomic E-state index is 12.2. The van der Waals surface area contributed by atoms with Crippen molar-refractivity contribution in [2.75, 3.05) is 12.4 Å². The molecule has 0 fully saturated rings. The van der Waals surface area contributed by atoms with Crippen LogP contribution < -0.4 is 5.32 Å². The molecular formula is C18H14INO4S. The molecule has 7 heteroatoms. The van der Waals surface area contributed by atoms with Gasteiger partial charge in [-0.15, -0.1) is 11.3 Å². The van der Waals surface area contributed by atoms with Gasteiger partial charge in [-0.05, 0) is 46.4 Å². The van der Waals surface area contributed by atoms with Crippen molar-refractivity contribution in [3.63, 3.8) is 0 Å². The summed E-state index contributed by atoms with van der Waals surface area (Å²) in [5.41, 5.74) is 1.30. The van der Waals surface area contributed by atoms with Crippen LogP contribution in [0.4, 0.5) is 10.5 Å². The van der Waals surface area contributed by atoms with Gasteiger partial charge in [0.25, 0.3) is 0 Å². The lowest BCUT2D eigenvalue weighted by Crippen LogP contribution is -2.15. The summed E-state index contributed by atoms with van der Waals surface area (Å²) in [6, 6.07) is 15.1. The summed E-state index contributed by atoms with van der Waals surface area (Å²) < 4.78 is 12.0. The van der Waals surface area contributed by atoms with Crippen molar-refractivity contribution < 1.29 is 19.1 Å². The zero-order valence-corrected chi connectivity index (χ0v) is 16.2. The Labute approximate surface area is 162 Å². The molecule has 3 aromatic rings. The molecule has 0 spiro atoms. The molecule has 1 aromatic heterocycles. The number of halogens is 1. The number of esters is 1. The Kier molecular flexibility index (Phi) is 5.54. The highest BCUT2D eigenvalue weighted by Crippen LogP contribution is 2.37. The standard InChI is InChI=1S/C18H14INO4S/c1-23-17(21)16-15(13-9-12(19)7-8-14(13)25-16)20-18(22)24-10-11-5-3-2-4-6-11/h2-9H,10H2,1H3,(H,20,22). The van der Waals surface area contributed by atoms with Crippen molar-refractivity contribution >= 4 is 61.8 Å². The SMILES string of the molecule is COC(=O)c1sc2ccc(I)cc2c1NC(=O)OCc1ccccc1. The minimum absolute atomic E-state index is 0.153. The summed E-state index contributed by atoms with van der Waals surface area (Å²) >= 11 is 3.46. The topological polar surface area (TPSA) is 64.6 Å². The van der Waals surface area contributed by atoms with Gasteiger partial charge >= 0.3 is 12.1 Å². The van der Waals surface area contributed by atoms with Crippen molar-refractivity contribution in [1.82, 2.24) is 0 Å². The van der Waals surface area contributed by atoms with Crippen LogP contribution in [0.25, 0.3) is 10.1 Å². The van der Waals surface area contributed by atoms with Gasteiger partial charge in [-0.3, -0.25) is 5.32 Å². The normalized spacial score (nSPS) is 10.5. The molecule has 0 aliphatic rings. The quantitative estimate of drug-likeness (QED) is 0.432. The Morgan fingerprint density at radius 2 is 1.92 bits per heavy atom. The molecule has 2 aromatic carbocycles. The van der Waals surface area contributed by atoms with E-state index in [0.29, 0.717) is 10.6 Å². The van der Waals surface area contributed by atoms with Crippen LogP contribution >= 0.6 is 33.9 Å². The summed E-state index contributed by atoms with van der Waals surface area (Å²) in [6.07, 6.45) is -0.618. The first-order valence-electron chi connectivity index (χ1n) is 7.36. The van der Waals surface area contributed by atoms with Gasteiger partial charge < -0.3 is 9.47 Å². The van der Waals surface area contributed by atoms with Crippen molar-refractivity contribution in [2.45, 2.75) is 6.61 Å². The summed E-state index contributed by atoms with van der Waals surface area (Å²) in [7, 11) is 1.31. The number of methoxy groups -OCH3 is 1. The lowest BCUT2D eigenvalue weighted by atomic mass is 10.2. The highest BCUT2D eigenvalue weighted by Gasteiger charge is 2.21. The van der Waals surface area contributed by atoms with Crippen LogP contribution in [0.2, 0.25) is 0 Å². The summed E-state index contributed by atoms with van der Waals surface area (Å²) in [5, 5.41) is 3.48. The molecule has 128 valence electrons. The van der Waals surface area contributed by atoms with Gasteiger partial charge in [-0.25, -0.2) is 9.59 Å². The minimum atomic E-state index is -0.618. The number of amides is 1. The molecule has 3 rings (SSSR count). The van der Waals surface area contributed by atoms with E-state index in [1.54, 1.807) is 0 Å². The van der Waals surface area contributed by atoms with Gasteiger partial charge in [0.15, 0.2) is 0 Å². The van der Waals surface area contributed by atoms with E-state index in [2.05, 4.69) is 27.9 Å². The number of hydrogen-bond donors (Lipinski definition) is 1. The predicted molar refractivity (Wildman–Crippen MR) is 106 cm³/mol. The van der Waals surface area contributed by atoms with Crippen LogP contribution in [0.3, 0.4) is 0 Å². The Bertz CT molecular complexity index is 923. The number of ether oxygens (including phenoxy) is 2. The highest BCUT2D eigenvalue weighted by atomic mass is 127. The number of carbonyl (C=O) groups excluding carboxylic acids is 2. The fourth-order valence-corrected chi connectivity index (χ4v) is 3.84. The largest absolute Gasteiger partial charge is 0.465 e. The summed E-state index contributed by atoms with van der Waals surface area (Å²) in [6.45, 7) is 0.153. The molecule has 0 unspecified atom stereocenters. The van der Waals surface area contributed by atoms with Crippen LogP contribution in [-0.4, -0.2) is 19.2 Å². The lowest BCUT2D eigenvalue weighted by molar-refractivity contribution is 0.0607. The second kappa shape index (κ2) is 7.83. The van der Waals surface area contributed by atoms with E-state index in [-0.39, 0.29) is 6.61 Å². The molecule has 0 radical (unpaired) electrons. The fraction of sp³-hybridized carbons (Fsp3) is 0.111. The van der Waals surface area contributed by atoms with Crippen LogP contribution in [-0.2, 0) is 16.1 Å². The first kappa shape index (κ1) is 17.7. The second-order valence-corrected chi connectivity index (χ2v) is 7.42. The third-order valence-corrected chi connectivity index (χ3v) is 5.28. The number of nitrogens with one attached hydrogen (secondary N) is 1. The Balaban J connectivity index is 1.84. The number of carbonyl (C=O) groups is 2. The van der Waals surface area contributed by atoms with E-state index in [1.165, 1.54) is 18.4 Å². The molecular weight excluding hydrogens is 453 g/mol. The molecule has 5 nitrogen and oxygen atoms in total. The zero-order valence-electron chi connectivity index (χ0n) is 13.2. The van der Waals surface area contributed by atoms with Gasteiger partial charge in [0.05, 0.1) is 12.8 Å². The first-order valence-corrected chi connectivity index (χ1v) is 9.26. The highest BCUT2D eigenvalue weighted by molar-refractivity contribution is 14.1. The van der Waals surface area contributed by atoms with Crippen molar-refractivity contribution in [3.05, 3.63) is 62.5 Å². The first-order chi connectivity index (χ1) is 12.1. The molecule has 0 bridgehead atoms. The Hall–Kier alpha value is -2.13. The van der Waals surface area contributed by atoms with Gasteiger partial charge in [-0.1, -0.05) is 30.3 Å². The average molecular weight is 467 g/mol. The average Bonchev–Trinajstić information content (AvgIpc) is 2.98. The molecule has 1 heterocycles. The third kappa shape index (κ3) is 4.10. The van der Waals surface area contributed by atoms with Crippen LogP contribution in [0.5, 0.6) is 0 Å². The van der Waals surface area contributed by atoms with Gasteiger partial charge in [0.2, 0.25) is 0 Å². The van der Waals surface area contributed by atoms with E-state index in [0.717, 1.165) is 19.2 Å². The molecule has 0 aliphatic carbocycles. The van der Waals surface area contributed by atoms with Gasteiger partial charge in [0, 0.05) is 13.7 Å². The minimum Gasteiger partial charge on any atom is -0.465 e. The van der Waals surface area contributed by atoms with E-state index in [1.807, 2.05) is 48.5 Å². The van der Waals surface area contributed by atoms with Gasteiger partial charge in [-0.2, -0.15) is 0 Å². The number of rotatable bonds is 4. The van der Waals surface area contributed by atoms with Crippen molar-refractivity contribution in [3.8, 4) is 0 Å². The third-order valence-electron chi connectivity index (χ3n) is 3.46. The van der Waals surface area contributed by atoms with E-state index < -0.39 is 12.1 Å². The molecule has 0 aliphatic heterocycles. The number of hydrogen-bond acceptors (Lipinski definition) is 5. The van der Waals surface area contributed by atoms with E-state index in [9.17, 15) is 9.59 Å². The van der Waals surface area contributed by atoms with E-state index in [4.69, 9.17) is 9.47 Å². The number of thiophene rings is 1. The monoisotopic (exact) mass is 467 g/mol. The molecule has 0 saturated heterocycles. The van der Waals surface area contributed by atoms with Gasteiger partial charge in [0.1, 0.15) is 11.5 Å². The zero-order chi connectivity index (χ0) is 17.8. The molecule has 0 atom stereocenters. The number of fused-ring (bicyclic) bond motifs is 1. The molecule has 1 N–H and O–H groups in total. The molecule has 25 heavy (non-hydrogen) atoms. The predicted octanol–water partition coefficient (Wildman–Crippen LogP) is 5.04. The van der Waals surface area contributed by atoms with Crippen molar-refractivity contribution in [1.29, 1.82) is 0 Å². The smallest absolute Gasteiger partial charge is 0.412 e. The summed E-state index contributed by atoms with van der Waals surface area (Å²) in [4.78, 5) is 24.6. The second-order valence-electron chi connectivity index (χ2n) is 5.12. The maximum Gasteiger partial charge on any atom is 0.412 e. The van der Waals surface area contributed by atoms with Crippen LogP contribution in [0.1, 0.15) is 15.2 Å². The molecule has 1 amide bonds. The fourth-order valence-electron chi connectivity index (χ4n) is 2.29. The number of anilines is 1. The van der Waals surface area contributed by atoms with Crippen molar-refractivity contribution in [2.24, 2.45) is 0 Å². The number of benzene rings is 2. The Morgan fingerprint density at radius 3 is 2.64 bits per heavy atom.